The summed E-state index contributed by atoms with van der Waals surface area (Å²) in [6.07, 6.45) is 3.78. The van der Waals surface area contributed by atoms with Crippen molar-refractivity contribution < 1.29 is 8.42 Å². The normalized spacial score (nSPS) is 14.7. The molecule has 3 rings (SSSR count). The van der Waals surface area contributed by atoms with Crippen molar-refractivity contribution in [2.24, 2.45) is 7.05 Å². The monoisotopic (exact) mass is 379 g/mol. The number of nitrogens with one attached hydrogen (secondary N) is 1. The molecule has 0 radical (unpaired) electrons. The molecule has 1 saturated heterocycles. The van der Waals surface area contributed by atoms with E-state index < -0.39 is 10.0 Å². The molecule has 26 heavy (non-hydrogen) atoms. The molecule has 0 spiro atoms. The number of aromatic nitrogens is 4. The number of anilines is 3. The van der Waals surface area contributed by atoms with E-state index in [2.05, 4.69) is 24.7 Å². The van der Waals surface area contributed by atoms with E-state index >= 15 is 0 Å². The van der Waals surface area contributed by atoms with Crippen LogP contribution in [0.25, 0.3) is 0 Å². The van der Waals surface area contributed by atoms with Gasteiger partial charge in [-0.3, -0.25) is 9.40 Å². The minimum Gasteiger partial charge on any atom is -0.361 e. The zero-order chi connectivity index (χ0) is 19.1. The molecule has 0 atom stereocenters. The number of hydrogen-bond acceptors (Lipinski definition) is 7. The summed E-state index contributed by atoms with van der Waals surface area (Å²) in [7, 11) is 1.58. The average Bonchev–Trinajstić information content (AvgIpc) is 3.16. The van der Waals surface area contributed by atoms with E-state index in [1.54, 1.807) is 30.5 Å². The van der Waals surface area contributed by atoms with Crippen molar-refractivity contribution in [2.75, 3.05) is 41.7 Å². The first kappa shape index (κ1) is 18.4. The molecule has 1 aliphatic rings. The number of nitrogens with zero attached hydrogens (tertiary/aromatic N) is 6. The first-order chi connectivity index (χ1) is 12.2. The molecule has 142 valence electrons. The molecule has 10 heteroatoms. The molecule has 0 amide bonds. The predicted octanol–water partition coefficient (Wildman–Crippen LogP) is 1.29. The van der Waals surface area contributed by atoms with Crippen LogP contribution in [-0.4, -0.2) is 55.4 Å². The summed E-state index contributed by atoms with van der Waals surface area (Å²) < 4.78 is 30.0. The van der Waals surface area contributed by atoms with Crippen molar-refractivity contribution in [1.29, 1.82) is 0 Å². The van der Waals surface area contributed by atoms with Gasteiger partial charge in [-0.1, -0.05) is 0 Å². The summed E-state index contributed by atoms with van der Waals surface area (Å²) in [6, 6.07) is 0. The fourth-order valence-corrected chi connectivity index (χ4v) is 4.67. The van der Waals surface area contributed by atoms with Crippen LogP contribution in [0.5, 0.6) is 0 Å². The molecule has 9 nitrogen and oxygen atoms in total. The minimum absolute atomic E-state index is 0.188. The summed E-state index contributed by atoms with van der Waals surface area (Å²) >= 11 is 0. The Morgan fingerprint density at radius 2 is 1.85 bits per heavy atom. The van der Waals surface area contributed by atoms with Gasteiger partial charge in [0, 0.05) is 34.2 Å². The van der Waals surface area contributed by atoms with Gasteiger partial charge in [-0.05, 0) is 26.7 Å². The van der Waals surface area contributed by atoms with E-state index in [9.17, 15) is 8.42 Å². The lowest BCUT2D eigenvalue weighted by Crippen LogP contribution is -2.24. The maximum absolute atomic E-state index is 12.9. The third-order valence-electron chi connectivity index (χ3n) is 4.52. The third kappa shape index (κ3) is 3.33. The Morgan fingerprint density at radius 1 is 1.19 bits per heavy atom. The Bertz CT molecular complexity index is 915. The van der Waals surface area contributed by atoms with Crippen LogP contribution >= 0.6 is 0 Å². The van der Waals surface area contributed by atoms with Gasteiger partial charge in [-0.2, -0.15) is 10.1 Å². The van der Waals surface area contributed by atoms with Crippen LogP contribution in [0.15, 0.2) is 11.1 Å². The van der Waals surface area contributed by atoms with E-state index in [-0.39, 0.29) is 4.90 Å². The van der Waals surface area contributed by atoms with Crippen LogP contribution < -0.4 is 14.5 Å². The van der Waals surface area contributed by atoms with Crippen LogP contribution in [0.1, 0.15) is 24.2 Å². The van der Waals surface area contributed by atoms with Crippen molar-refractivity contribution in [3.63, 3.8) is 0 Å². The molecule has 0 aliphatic carbocycles. The quantitative estimate of drug-likeness (QED) is 0.836. The molecule has 0 bridgehead atoms. The van der Waals surface area contributed by atoms with Crippen molar-refractivity contribution in [3.05, 3.63) is 17.6 Å². The Hall–Kier alpha value is -2.36. The van der Waals surface area contributed by atoms with Crippen molar-refractivity contribution in [3.8, 4) is 0 Å². The van der Waals surface area contributed by atoms with E-state index in [0.717, 1.165) is 25.9 Å². The minimum atomic E-state index is -3.80. The second-order valence-electron chi connectivity index (χ2n) is 6.72. The summed E-state index contributed by atoms with van der Waals surface area (Å²) in [4.78, 5) is 13.0. The Kier molecular flexibility index (Phi) is 4.78. The number of rotatable bonds is 5. The smallest absolute Gasteiger partial charge is 0.265 e. The fourth-order valence-electron chi connectivity index (χ4n) is 3.19. The molecule has 0 unspecified atom stereocenters. The van der Waals surface area contributed by atoms with Crippen LogP contribution in [0.3, 0.4) is 0 Å². The van der Waals surface area contributed by atoms with Gasteiger partial charge >= 0.3 is 0 Å². The topological polar surface area (TPSA) is 96.2 Å². The van der Waals surface area contributed by atoms with Gasteiger partial charge in [0.15, 0.2) is 5.82 Å². The van der Waals surface area contributed by atoms with Gasteiger partial charge in [0.1, 0.15) is 10.6 Å². The van der Waals surface area contributed by atoms with Gasteiger partial charge < -0.3 is 9.80 Å². The van der Waals surface area contributed by atoms with Crippen LogP contribution in [0, 0.1) is 13.8 Å². The molecule has 0 aromatic carbocycles. The molecular formula is C16H25N7O2S. The van der Waals surface area contributed by atoms with E-state index in [0.29, 0.717) is 28.8 Å². The molecule has 2 aromatic rings. The van der Waals surface area contributed by atoms with Crippen molar-refractivity contribution in [2.45, 2.75) is 31.6 Å². The highest BCUT2D eigenvalue weighted by molar-refractivity contribution is 7.92. The highest BCUT2D eigenvalue weighted by atomic mass is 32.2. The Balaban J connectivity index is 1.98. The van der Waals surface area contributed by atoms with Gasteiger partial charge in [0.2, 0.25) is 5.95 Å². The first-order valence-corrected chi connectivity index (χ1v) is 10.0. The molecular weight excluding hydrogens is 354 g/mol. The van der Waals surface area contributed by atoms with Crippen molar-refractivity contribution >= 4 is 27.5 Å². The maximum atomic E-state index is 12.9. The average molecular weight is 379 g/mol. The van der Waals surface area contributed by atoms with E-state index in [1.807, 2.05) is 14.1 Å². The predicted molar refractivity (Wildman–Crippen MR) is 101 cm³/mol. The fraction of sp³-hybridized carbons (Fsp3) is 0.562. The number of aryl methyl sites for hydroxylation is 2. The molecule has 2 aromatic heterocycles. The Morgan fingerprint density at radius 3 is 2.38 bits per heavy atom. The van der Waals surface area contributed by atoms with Crippen LogP contribution in [0.4, 0.5) is 17.5 Å². The zero-order valence-electron chi connectivity index (χ0n) is 15.8. The lowest BCUT2D eigenvalue weighted by Gasteiger charge is -2.21. The molecule has 1 fully saturated rings. The third-order valence-corrected chi connectivity index (χ3v) is 6.14. The maximum Gasteiger partial charge on any atom is 0.265 e. The molecule has 1 N–H and O–H groups in total. The molecule has 3 heterocycles. The summed E-state index contributed by atoms with van der Waals surface area (Å²) in [5.41, 5.74) is 1.38. The van der Waals surface area contributed by atoms with E-state index in [4.69, 9.17) is 0 Å². The highest BCUT2D eigenvalue weighted by Gasteiger charge is 2.26. The Labute approximate surface area is 154 Å². The second kappa shape index (κ2) is 6.75. The zero-order valence-corrected chi connectivity index (χ0v) is 16.6. The van der Waals surface area contributed by atoms with E-state index in [1.165, 1.54) is 6.20 Å². The standard InChI is InChI=1S/C16H25N7O2S/c1-11-14(12(2)22(5)19-11)26(24,25)20-13-10-17-16(18-15(13)21(3)4)23-8-6-7-9-23/h10,20H,6-9H2,1-5H3. The lowest BCUT2D eigenvalue weighted by atomic mass is 10.4. The van der Waals surface area contributed by atoms with Crippen molar-refractivity contribution in [1.82, 2.24) is 19.7 Å². The summed E-state index contributed by atoms with van der Waals surface area (Å²) in [5.74, 6) is 1.16. The number of hydrogen-bond donors (Lipinski definition) is 1. The number of sulfonamides is 1. The summed E-state index contributed by atoms with van der Waals surface area (Å²) in [6.45, 7) is 5.26. The molecule has 0 saturated carbocycles. The van der Waals surface area contributed by atoms with Gasteiger partial charge in [-0.25, -0.2) is 13.4 Å². The van der Waals surface area contributed by atoms with Crippen LogP contribution in [-0.2, 0) is 17.1 Å². The first-order valence-electron chi connectivity index (χ1n) is 8.53. The molecule has 1 aliphatic heterocycles. The second-order valence-corrected chi connectivity index (χ2v) is 8.34. The SMILES string of the molecule is Cc1nn(C)c(C)c1S(=O)(=O)Nc1cnc(N2CCCC2)nc1N(C)C. The summed E-state index contributed by atoms with van der Waals surface area (Å²) in [5, 5.41) is 4.19. The lowest BCUT2D eigenvalue weighted by molar-refractivity contribution is 0.599. The highest BCUT2D eigenvalue weighted by Crippen LogP contribution is 2.29. The van der Waals surface area contributed by atoms with Gasteiger partial charge in [0.05, 0.1) is 17.6 Å². The van der Waals surface area contributed by atoms with Gasteiger partial charge in [0.25, 0.3) is 10.0 Å². The van der Waals surface area contributed by atoms with Crippen LogP contribution in [0.2, 0.25) is 0 Å². The van der Waals surface area contributed by atoms with Gasteiger partial charge in [-0.15, -0.1) is 0 Å². The largest absolute Gasteiger partial charge is 0.361 e.